The highest BCUT2D eigenvalue weighted by molar-refractivity contribution is 6.99. The lowest BCUT2D eigenvalue weighted by Gasteiger charge is -2.45. The van der Waals surface area contributed by atoms with Crippen molar-refractivity contribution in [3.8, 4) is 0 Å². The van der Waals surface area contributed by atoms with Crippen LogP contribution in [0.3, 0.4) is 0 Å². The number of hydrogen-bond donors (Lipinski definition) is 0. The molecule has 0 aliphatic carbocycles. The summed E-state index contributed by atoms with van der Waals surface area (Å²) in [6, 6.07) is 39.5. The zero-order valence-corrected chi connectivity index (χ0v) is 45.9. The van der Waals surface area contributed by atoms with Crippen LogP contribution in [-0.4, -0.2) is 62.1 Å². The van der Waals surface area contributed by atoms with Gasteiger partial charge in [-0.3, -0.25) is 0 Å². The monoisotopic (exact) mass is 929 g/mol. The second-order valence-corrected chi connectivity index (χ2v) is 34.1. The van der Waals surface area contributed by atoms with E-state index >= 15 is 0 Å². The molecule has 1 fully saturated rings. The largest absolute Gasteiger partial charge is 0.414 e. The van der Waals surface area contributed by atoms with Gasteiger partial charge in [0.2, 0.25) is 0 Å². The van der Waals surface area contributed by atoms with Gasteiger partial charge in [-0.25, -0.2) is 0 Å². The van der Waals surface area contributed by atoms with Crippen LogP contribution in [0.25, 0.3) is 0 Å². The summed E-state index contributed by atoms with van der Waals surface area (Å²) in [5.41, 5.74) is 1.22. The van der Waals surface area contributed by atoms with Crippen LogP contribution in [0.1, 0.15) is 134 Å². The Morgan fingerprint density at radius 2 is 1.16 bits per heavy atom. The highest BCUT2D eigenvalue weighted by Crippen LogP contribution is 2.41. The fourth-order valence-corrected chi connectivity index (χ4v) is 21.2. The van der Waals surface area contributed by atoms with Crippen LogP contribution < -0.4 is 10.4 Å². The van der Waals surface area contributed by atoms with Crippen LogP contribution in [-0.2, 0) is 29.4 Å². The topological polar surface area (TPSA) is 46.2 Å². The Balaban J connectivity index is 1.58. The first-order valence-electron chi connectivity index (χ1n) is 25.8. The van der Waals surface area contributed by atoms with Crippen LogP contribution in [0.2, 0.25) is 41.3 Å². The molecule has 1 aliphatic heterocycles. The molecule has 3 aromatic carbocycles. The summed E-state index contributed by atoms with van der Waals surface area (Å²) >= 11 is 0. The molecule has 358 valence electrons. The van der Waals surface area contributed by atoms with Crippen molar-refractivity contribution in [1.29, 1.82) is 0 Å². The standard InChI is InChI=1S/C56H92O5Si3/c1-14-32-49(57-44-48-33-24-21-25-34-48)35-30-31-40-54(60-62(15-2,16-3)17-4)47(10)55(61-63(18-5,19-6)20-7)46(9)53-42-41-52(59-53)45(8)43-58-64(56(11,12)13,50-36-26-22-27-37-50)51-38-28-23-29-39-51/h21-30,33-39,45-47,49,52-55H,14-20,31-32,40-44H2,1-13H3/b35-30-/t45-,46+,47+,49-,52+,53-,54+,55+/m0/s1. The van der Waals surface area contributed by atoms with E-state index in [1.807, 2.05) is 0 Å². The minimum atomic E-state index is -2.65. The molecule has 0 amide bonds. The number of benzene rings is 3. The van der Waals surface area contributed by atoms with Crippen LogP contribution >= 0.6 is 0 Å². The molecule has 0 aromatic heterocycles. The molecule has 8 heteroatoms. The fourth-order valence-electron chi connectivity index (χ4n) is 10.6. The molecule has 8 atom stereocenters. The number of ether oxygens (including phenoxy) is 2. The third kappa shape index (κ3) is 14.2. The van der Waals surface area contributed by atoms with Gasteiger partial charge in [0.05, 0.1) is 37.1 Å². The molecule has 4 rings (SSSR count). The molecular weight excluding hydrogens is 837 g/mol. The molecule has 1 heterocycles. The van der Waals surface area contributed by atoms with Crippen molar-refractivity contribution in [2.24, 2.45) is 17.8 Å². The maximum absolute atomic E-state index is 7.73. The van der Waals surface area contributed by atoms with Gasteiger partial charge in [0.25, 0.3) is 8.32 Å². The molecule has 0 unspecified atom stereocenters. The molecule has 1 saturated heterocycles. The minimum absolute atomic E-state index is 0.0620. The molecule has 0 bridgehead atoms. The average molecular weight is 930 g/mol. The molecule has 0 radical (unpaired) electrons. The van der Waals surface area contributed by atoms with E-state index in [2.05, 4.69) is 193 Å². The lowest BCUT2D eigenvalue weighted by Crippen LogP contribution is -2.67. The lowest BCUT2D eigenvalue weighted by atomic mass is 9.84. The van der Waals surface area contributed by atoms with E-state index in [-0.39, 0.29) is 53.3 Å². The van der Waals surface area contributed by atoms with Gasteiger partial charge in [0.1, 0.15) is 0 Å². The first-order valence-corrected chi connectivity index (χ1v) is 32.8. The van der Waals surface area contributed by atoms with Crippen molar-refractivity contribution in [2.45, 2.75) is 207 Å². The van der Waals surface area contributed by atoms with Gasteiger partial charge in [-0.05, 0) is 89.3 Å². The van der Waals surface area contributed by atoms with Gasteiger partial charge in [0.15, 0.2) is 16.6 Å². The predicted octanol–water partition coefficient (Wildman–Crippen LogP) is 14.5. The Morgan fingerprint density at radius 1 is 0.656 bits per heavy atom. The highest BCUT2D eigenvalue weighted by atomic mass is 28.4. The van der Waals surface area contributed by atoms with Crippen LogP contribution in [0, 0.1) is 17.8 Å². The molecule has 3 aromatic rings. The number of rotatable bonds is 29. The smallest absolute Gasteiger partial charge is 0.261 e. The first kappa shape index (κ1) is 54.5. The Kier molecular flexibility index (Phi) is 22.5. The van der Waals surface area contributed by atoms with Gasteiger partial charge in [-0.2, -0.15) is 0 Å². The van der Waals surface area contributed by atoms with E-state index in [0.717, 1.165) is 74.8 Å². The van der Waals surface area contributed by atoms with Crippen LogP contribution in [0.4, 0.5) is 0 Å². The molecule has 64 heavy (non-hydrogen) atoms. The van der Waals surface area contributed by atoms with Crippen molar-refractivity contribution in [2.75, 3.05) is 6.61 Å². The maximum atomic E-state index is 7.73. The van der Waals surface area contributed by atoms with E-state index in [1.54, 1.807) is 0 Å². The Bertz CT molecular complexity index is 1670. The van der Waals surface area contributed by atoms with Gasteiger partial charge in [0, 0.05) is 24.4 Å². The Hall–Kier alpha value is -2.15. The van der Waals surface area contributed by atoms with E-state index in [4.69, 9.17) is 22.8 Å². The predicted molar refractivity (Wildman–Crippen MR) is 281 cm³/mol. The van der Waals surface area contributed by atoms with Crippen molar-refractivity contribution in [3.63, 3.8) is 0 Å². The summed E-state index contributed by atoms with van der Waals surface area (Å²) in [6.07, 6.45) is 11.4. The van der Waals surface area contributed by atoms with E-state index in [1.165, 1.54) is 15.9 Å². The summed E-state index contributed by atoms with van der Waals surface area (Å²) < 4.78 is 36.5. The SMILES string of the molecule is CCC[C@@H](/C=C\CC[C@@H](O[Si](CC)(CC)CC)[C@@H](C)[C@H](O[Si](CC)(CC)CC)[C@H](C)[C@@H]1CC[C@H]([C@@H](C)CO[Si](c2ccccc2)(c2ccccc2)C(C)(C)C)O1)OCc1ccccc1. The lowest BCUT2D eigenvalue weighted by molar-refractivity contribution is -0.0697. The third-order valence-electron chi connectivity index (χ3n) is 15.4. The molecule has 0 spiro atoms. The third-order valence-corrected chi connectivity index (χ3v) is 29.7. The van der Waals surface area contributed by atoms with Crippen LogP contribution in [0.15, 0.2) is 103 Å². The van der Waals surface area contributed by atoms with Crippen molar-refractivity contribution < 1.29 is 22.8 Å². The van der Waals surface area contributed by atoms with Crippen LogP contribution in [0.5, 0.6) is 0 Å². The molecule has 1 aliphatic rings. The summed E-state index contributed by atoms with van der Waals surface area (Å²) in [4.78, 5) is 0. The normalized spacial score (nSPS) is 19.4. The van der Waals surface area contributed by atoms with E-state index in [0.29, 0.717) is 13.2 Å². The van der Waals surface area contributed by atoms with Crippen molar-refractivity contribution in [1.82, 2.24) is 0 Å². The maximum Gasteiger partial charge on any atom is 0.261 e. The van der Waals surface area contributed by atoms with Gasteiger partial charge in [-0.1, -0.05) is 200 Å². The zero-order chi connectivity index (χ0) is 46.8. The highest BCUT2D eigenvalue weighted by Gasteiger charge is 2.51. The minimum Gasteiger partial charge on any atom is -0.414 e. The zero-order valence-electron chi connectivity index (χ0n) is 42.9. The molecule has 0 saturated carbocycles. The van der Waals surface area contributed by atoms with Crippen molar-refractivity contribution >= 4 is 35.3 Å². The number of allylic oxidation sites excluding steroid dienone is 1. The quantitative estimate of drug-likeness (QED) is 0.0513. The first-order chi connectivity index (χ1) is 30.7. The second kappa shape index (κ2) is 26.4. The number of hydrogen-bond acceptors (Lipinski definition) is 5. The van der Waals surface area contributed by atoms with Crippen molar-refractivity contribution in [3.05, 3.63) is 109 Å². The average Bonchev–Trinajstić information content (AvgIpc) is 3.83. The molecular formula is C56H92O5Si3. The summed E-state index contributed by atoms with van der Waals surface area (Å²) in [5.74, 6) is 0.729. The Labute approximate surface area is 396 Å². The van der Waals surface area contributed by atoms with Gasteiger partial charge < -0.3 is 22.8 Å². The second-order valence-electron chi connectivity index (χ2n) is 20.3. The summed E-state index contributed by atoms with van der Waals surface area (Å²) in [6.45, 7) is 32.1. The summed E-state index contributed by atoms with van der Waals surface area (Å²) in [5, 5.41) is 2.60. The van der Waals surface area contributed by atoms with Gasteiger partial charge >= 0.3 is 0 Å². The Morgan fingerprint density at radius 3 is 1.66 bits per heavy atom. The van der Waals surface area contributed by atoms with E-state index < -0.39 is 25.0 Å². The van der Waals surface area contributed by atoms with E-state index in [9.17, 15) is 0 Å². The molecule has 0 N–H and O–H groups in total. The summed E-state index contributed by atoms with van der Waals surface area (Å²) in [7, 11) is -6.57. The fraction of sp³-hybridized carbons (Fsp3) is 0.643. The molecule has 5 nitrogen and oxygen atoms in total. The van der Waals surface area contributed by atoms with Gasteiger partial charge in [-0.15, -0.1) is 0 Å².